The molecule has 1 aliphatic heterocycles. The fraction of sp³-hybridized carbons (Fsp3) is 1.00. The van der Waals surface area contributed by atoms with Crippen LogP contribution >= 0.6 is 0 Å². The molecular formula is C9H18N2O. The van der Waals surface area contributed by atoms with Gasteiger partial charge < -0.3 is 10.4 Å². The lowest BCUT2D eigenvalue weighted by Crippen LogP contribution is -2.54. The van der Waals surface area contributed by atoms with E-state index in [0.29, 0.717) is 0 Å². The normalized spacial score (nSPS) is 37.8. The molecule has 70 valence electrons. The minimum absolute atomic E-state index is 0.205. The van der Waals surface area contributed by atoms with Crippen molar-refractivity contribution in [3.05, 3.63) is 0 Å². The molecule has 1 saturated carbocycles. The third kappa shape index (κ3) is 1.63. The van der Waals surface area contributed by atoms with Gasteiger partial charge in [0.1, 0.15) is 0 Å². The third-order valence-corrected chi connectivity index (χ3v) is 3.18. The fourth-order valence-electron chi connectivity index (χ4n) is 2.45. The molecule has 1 aliphatic carbocycles. The average Bonchev–Trinajstić information content (AvgIpc) is 2.17. The number of rotatable bonds is 1. The van der Waals surface area contributed by atoms with Crippen LogP contribution in [-0.2, 0) is 0 Å². The lowest BCUT2D eigenvalue weighted by Gasteiger charge is -2.41. The molecule has 0 bridgehead atoms. The molecule has 2 N–H and O–H groups in total. The van der Waals surface area contributed by atoms with E-state index in [1.165, 1.54) is 25.7 Å². The molecule has 3 heteroatoms. The van der Waals surface area contributed by atoms with Crippen molar-refractivity contribution >= 4 is 0 Å². The minimum Gasteiger partial charge on any atom is -0.381 e. The van der Waals surface area contributed by atoms with Crippen LogP contribution < -0.4 is 5.32 Å². The molecule has 12 heavy (non-hydrogen) atoms. The van der Waals surface area contributed by atoms with E-state index in [4.69, 9.17) is 5.11 Å². The molecule has 0 aromatic carbocycles. The van der Waals surface area contributed by atoms with Gasteiger partial charge in [0.25, 0.3) is 0 Å². The molecule has 2 atom stereocenters. The molecule has 0 aromatic heterocycles. The van der Waals surface area contributed by atoms with Crippen molar-refractivity contribution in [1.82, 2.24) is 10.2 Å². The average molecular weight is 170 g/mol. The van der Waals surface area contributed by atoms with Gasteiger partial charge in [0, 0.05) is 12.6 Å². The van der Waals surface area contributed by atoms with Crippen LogP contribution in [0.2, 0.25) is 0 Å². The number of hydrogen-bond donors (Lipinski definition) is 2. The maximum absolute atomic E-state index is 8.97. The van der Waals surface area contributed by atoms with Gasteiger partial charge in [-0.05, 0) is 18.8 Å². The molecular weight excluding hydrogens is 152 g/mol. The summed E-state index contributed by atoms with van der Waals surface area (Å²) in [5.74, 6) is 0.791. The molecule has 3 nitrogen and oxygen atoms in total. The van der Waals surface area contributed by atoms with Gasteiger partial charge in [-0.1, -0.05) is 12.8 Å². The Morgan fingerprint density at radius 1 is 1.33 bits per heavy atom. The maximum Gasteiger partial charge on any atom is 0.0966 e. The fourth-order valence-corrected chi connectivity index (χ4v) is 2.45. The van der Waals surface area contributed by atoms with Gasteiger partial charge in [-0.3, -0.25) is 4.90 Å². The number of nitrogens with zero attached hydrogens (tertiary/aromatic N) is 1. The topological polar surface area (TPSA) is 35.5 Å². The van der Waals surface area contributed by atoms with E-state index in [2.05, 4.69) is 10.2 Å². The van der Waals surface area contributed by atoms with Crippen LogP contribution in [0.25, 0.3) is 0 Å². The monoisotopic (exact) mass is 170 g/mol. The number of hydrogen-bond acceptors (Lipinski definition) is 3. The van der Waals surface area contributed by atoms with E-state index in [-0.39, 0.29) is 6.73 Å². The Hall–Kier alpha value is -0.120. The second-order valence-corrected chi connectivity index (χ2v) is 4.01. The summed E-state index contributed by atoms with van der Waals surface area (Å²) >= 11 is 0. The molecule has 0 amide bonds. The largest absolute Gasteiger partial charge is 0.381 e. The molecule has 1 heterocycles. The summed E-state index contributed by atoms with van der Waals surface area (Å²) in [7, 11) is 0. The van der Waals surface area contributed by atoms with Crippen molar-refractivity contribution in [2.45, 2.75) is 31.7 Å². The van der Waals surface area contributed by atoms with E-state index in [1.807, 2.05) is 0 Å². The first-order chi connectivity index (χ1) is 5.90. The van der Waals surface area contributed by atoms with E-state index in [9.17, 15) is 0 Å². The molecule has 2 unspecified atom stereocenters. The number of fused-ring (bicyclic) bond motifs is 1. The van der Waals surface area contributed by atoms with Crippen LogP contribution in [0.1, 0.15) is 25.7 Å². The zero-order valence-corrected chi connectivity index (χ0v) is 7.50. The van der Waals surface area contributed by atoms with Crippen LogP contribution in [0.3, 0.4) is 0 Å². The first-order valence-electron chi connectivity index (χ1n) is 4.97. The first-order valence-corrected chi connectivity index (χ1v) is 4.97. The van der Waals surface area contributed by atoms with Gasteiger partial charge in [-0.15, -0.1) is 0 Å². The lowest BCUT2D eigenvalue weighted by atomic mass is 9.83. The highest BCUT2D eigenvalue weighted by Gasteiger charge is 2.29. The lowest BCUT2D eigenvalue weighted by molar-refractivity contribution is 0.0299. The highest BCUT2D eigenvalue weighted by Crippen LogP contribution is 2.27. The van der Waals surface area contributed by atoms with Crippen molar-refractivity contribution in [2.24, 2.45) is 5.92 Å². The SMILES string of the molecule is OCN1CNC2CCCCC2C1. The standard InChI is InChI=1S/C9H18N2O/c12-7-11-5-8-3-1-2-4-9(8)10-6-11/h8-10,12H,1-7H2. The summed E-state index contributed by atoms with van der Waals surface area (Å²) < 4.78 is 0. The Balaban J connectivity index is 1.90. The second kappa shape index (κ2) is 3.73. The van der Waals surface area contributed by atoms with Gasteiger partial charge in [0.15, 0.2) is 0 Å². The number of nitrogens with one attached hydrogen (secondary N) is 1. The molecule has 0 aromatic rings. The predicted octanol–water partition coefficient (Wildman–Crippen LogP) is 0.358. The van der Waals surface area contributed by atoms with E-state index >= 15 is 0 Å². The summed E-state index contributed by atoms with van der Waals surface area (Å²) in [6.07, 6.45) is 5.44. The summed E-state index contributed by atoms with van der Waals surface area (Å²) in [6.45, 7) is 2.17. The van der Waals surface area contributed by atoms with Crippen LogP contribution in [0.5, 0.6) is 0 Å². The van der Waals surface area contributed by atoms with Crippen molar-refractivity contribution in [3.63, 3.8) is 0 Å². The predicted molar refractivity (Wildman–Crippen MR) is 47.5 cm³/mol. The molecule has 2 fully saturated rings. The van der Waals surface area contributed by atoms with Crippen LogP contribution in [0.4, 0.5) is 0 Å². The number of aliphatic hydroxyl groups is 1. The highest BCUT2D eigenvalue weighted by atomic mass is 16.3. The number of aliphatic hydroxyl groups excluding tert-OH is 1. The third-order valence-electron chi connectivity index (χ3n) is 3.18. The van der Waals surface area contributed by atoms with E-state index in [0.717, 1.165) is 25.2 Å². The second-order valence-electron chi connectivity index (χ2n) is 4.01. The Labute approximate surface area is 73.8 Å². The van der Waals surface area contributed by atoms with Crippen LogP contribution in [-0.4, -0.2) is 36.0 Å². The zero-order valence-electron chi connectivity index (χ0n) is 7.50. The van der Waals surface area contributed by atoms with Crippen molar-refractivity contribution in [1.29, 1.82) is 0 Å². The first kappa shape index (κ1) is 8.48. The highest BCUT2D eigenvalue weighted by molar-refractivity contribution is 4.85. The molecule has 0 radical (unpaired) electrons. The van der Waals surface area contributed by atoms with E-state index < -0.39 is 0 Å². The quantitative estimate of drug-likeness (QED) is 0.596. The van der Waals surface area contributed by atoms with Crippen molar-refractivity contribution in [2.75, 3.05) is 19.9 Å². The van der Waals surface area contributed by atoms with E-state index in [1.54, 1.807) is 0 Å². The van der Waals surface area contributed by atoms with Gasteiger partial charge in [0.05, 0.1) is 13.4 Å². The molecule has 1 saturated heterocycles. The molecule has 2 aliphatic rings. The maximum atomic E-state index is 8.97. The van der Waals surface area contributed by atoms with Crippen LogP contribution in [0.15, 0.2) is 0 Å². The van der Waals surface area contributed by atoms with Crippen molar-refractivity contribution < 1.29 is 5.11 Å². The molecule has 2 rings (SSSR count). The smallest absolute Gasteiger partial charge is 0.0966 e. The van der Waals surface area contributed by atoms with Crippen LogP contribution in [0, 0.1) is 5.92 Å². The Morgan fingerprint density at radius 2 is 2.17 bits per heavy atom. The van der Waals surface area contributed by atoms with Gasteiger partial charge in [-0.25, -0.2) is 0 Å². The summed E-state index contributed by atoms with van der Waals surface area (Å²) in [4.78, 5) is 2.08. The van der Waals surface area contributed by atoms with Gasteiger partial charge in [-0.2, -0.15) is 0 Å². The summed E-state index contributed by atoms with van der Waals surface area (Å²) in [5, 5.41) is 12.5. The van der Waals surface area contributed by atoms with Crippen molar-refractivity contribution in [3.8, 4) is 0 Å². The Bertz CT molecular complexity index is 151. The molecule has 0 spiro atoms. The minimum atomic E-state index is 0.205. The zero-order chi connectivity index (χ0) is 8.39. The Kier molecular flexibility index (Phi) is 2.63. The summed E-state index contributed by atoms with van der Waals surface area (Å²) in [5.41, 5.74) is 0. The Morgan fingerprint density at radius 3 is 3.00 bits per heavy atom. The van der Waals surface area contributed by atoms with Gasteiger partial charge in [0.2, 0.25) is 0 Å². The van der Waals surface area contributed by atoms with Gasteiger partial charge >= 0.3 is 0 Å². The summed E-state index contributed by atoms with van der Waals surface area (Å²) in [6, 6.07) is 0.738.